The number of amides is 1. The van der Waals surface area contributed by atoms with E-state index in [9.17, 15) is 14.7 Å². The predicted octanol–water partition coefficient (Wildman–Crippen LogP) is 3.45. The molecule has 0 aliphatic carbocycles. The fourth-order valence-corrected chi connectivity index (χ4v) is 2.75. The van der Waals surface area contributed by atoms with Crippen molar-refractivity contribution in [3.05, 3.63) is 48.7 Å². The molecule has 0 unspecified atom stereocenters. The lowest BCUT2D eigenvalue weighted by Crippen LogP contribution is -2.44. The number of nitrogens with one attached hydrogen (secondary N) is 1. The summed E-state index contributed by atoms with van der Waals surface area (Å²) >= 11 is 0. The normalized spacial score (nSPS) is 12.3. The van der Waals surface area contributed by atoms with Gasteiger partial charge in [-0.15, -0.1) is 6.58 Å². The van der Waals surface area contributed by atoms with E-state index in [4.69, 9.17) is 0 Å². The Kier molecular flexibility index (Phi) is 5.79. The first-order valence-corrected chi connectivity index (χ1v) is 8.18. The third-order valence-corrected chi connectivity index (χ3v) is 4.06. The number of rotatable bonds is 8. The highest BCUT2D eigenvalue weighted by molar-refractivity contribution is 6.07. The van der Waals surface area contributed by atoms with Gasteiger partial charge in [0.05, 0.1) is 5.56 Å². The number of aryl methyl sites for hydroxylation is 1. The van der Waals surface area contributed by atoms with Crippen LogP contribution in [-0.2, 0) is 11.3 Å². The van der Waals surface area contributed by atoms with Crippen molar-refractivity contribution in [3.63, 3.8) is 0 Å². The van der Waals surface area contributed by atoms with Crippen molar-refractivity contribution in [2.75, 3.05) is 0 Å². The molecule has 24 heavy (non-hydrogen) atoms. The van der Waals surface area contributed by atoms with Gasteiger partial charge in [0.25, 0.3) is 5.91 Å². The van der Waals surface area contributed by atoms with Crippen LogP contribution in [0.2, 0.25) is 0 Å². The Morgan fingerprint density at radius 3 is 2.67 bits per heavy atom. The second kappa shape index (κ2) is 7.81. The number of unbranched alkanes of at least 4 members (excludes halogenated alkanes) is 1. The third-order valence-electron chi connectivity index (χ3n) is 4.06. The van der Waals surface area contributed by atoms with Crippen molar-refractivity contribution in [2.24, 2.45) is 5.92 Å². The minimum Gasteiger partial charge on any atom is -0.480 e. The molecule has 1 aromatic heterocycles. The second-order valence-electron chi connectivity index (χ2n) is 6.22. The summed E-state index contributed by atoms with van der Waals surface area (Å²) in [7, 11) is 0. The van der Waals surface area contributed by atoms with Crippen LogP contribution in [0.25, 0.3) is 10.9 Å². The molecule has 0 saturated heterocycles. The maximum absolute atomic E-state index is 12.6. The number of aliphatic carboxylic acids is 1. The summed E-state index contributed by atoms with van der Waals surface area (Å²) < 4.78 is 2.04. The molecule has 0 fully saturated rings. The average Bonchev–Trinajstić information content (AvgIpc) is 2.91. The Morgan fingerprint density at radius 2 is 2.04 bits per heavy atom. The first-order valence-electron chi connectivity index (χ1n) is 8.18. The summed E-state index contributed by atoms with van der Waals surface area (Å²) in [4.78, 5) is 23.9. The van der Waals surface area contributed by atoms with Crippen molar-refractivity contribution in [1.29, 1.82) is 0 Å². The molecule has 5 nitrogen and oxygen atoms in total. The van der Waals surface area contributed by atoms with Gasteiger partial charge < -0.3 is 15.0 Å². The highest BCUT2D eigenvalue weighted by atomic mass is 16.4. The lowest BCUT2D eigenvalue weighted by atomic mass is 10.0. The maximum Gasteiger partial charge on any atom is 0.326 e. The van der Waals surface area contributed by atoms with Crippen molar-refractivity contribution >= 4 is 22.8 Å². The molecule has 0 radical (unpaired) electrons. The van der Waals surface area contributed by atoms with Crippen LogP contribution in [0.15, 0.2) is 43.1 Å². The standard InChI is InChI=1S/C19H24N2O3/c1-4-5-8-11-21-12-15(14-9-6-7-10-16(14)21)18(22)20-17(13(2)3)19(23)24/h4,6-7,9-10,12-13,17H,1,5,8,11H2,2-3H3,(H,20,22)(H,23,24)/t17-/m0/s1. The number of carbonyl (C=O) groups is 2. The van der Waals surface area contributed by atoms with Crippen molar-refractivity contribution in [2.45, 2.75) is 39.3 Å². The number of allylic oxidation sites excluding steroid dienone is 1. The molecule has 128 valence electrons. The minimum absolute atomic E-state index is 0.188. The Morgan fingerprint density at radius 1 is 1.33 bits per heavy atom. The van der Waals surface area contributed by atoms with E-state index in [0.29, 0.717) is 5.56 Å². The fraction of sp³-hybridized carbons (Fsp3) is 0.368. The SMILES string of the molecule is C=CCCCn1cc(C(=O)N[C@H](C(=O)O)C(C)C)c2ccccc21. The molecular formula is C19H24N2O3. The minimum atomic E-state index is -1.02. The maximum atomic E-state index is 12.6. The molecule has 5 heteroatoms. The number of aromatic nitrogens is 1. The molecule has 1 amide bonds. The topological polar surface area (TPSA) is 71.3 Å². The molecule has 1 atom stereocenters. The molecule has 0 aliphatic rings. The molecule has 2 aromatic rings. The van der Waals surface area contributed by atoms with Crippen molar-refractivity contribution in [1.82, 2.24) is 9.88 Å². The molecule has 0 saturated carbocycles. The summed E-state index contributed by atoms with van der Waals surface area (Å²) in [5.41, 5.74) is 1.49. The molecule has 2 N–H and O–H groups in total. The number of hydrogen-bond donors (Lipinski definition) is 2. The molecule has 0 spiro atoms. The Balaban J connectivity index is 2.32. The fourth-order valence-electron chi connectivity index (χ4n) is 2.75. The third kappa shape index (κ3) is 3.85. The molecule has 0 bridgehead atoms. The van der Waals surface area contributed by atoms with E-state index in [1.165, 1.54) is 0 Å². The number of carboxylic acid groups (broad SMARTS) is 1. The summed E-state index contributed by atoms with van der Waals surface area (Å²) in [6, 6.07) is 6.77. The van der Waals surface area contributed by atoms with Gasteiger partial charge in [-0.1, -0.05) is 38.1 Å². The largest absolute Gasteiger partial charge is 0.480 e. The van der Waals surface area contributed by atoms with E-state index in [-0.39, 0.29) is 11.8 Å². The number of fused-ring (bicyclic) bond motifs is 1. The van der Waals surface area contributed by atoms with Crippen LogP contribution in [0.3, 0.4) is 0 Å². The Labute approximate surface area is 142 Å². The monoisotopic (exact) mass is 328 g/mol. The molecule has 0 aliphatic heterocycles. The average molecular weight is 328 g/mol. The van der Waals surface area contributed by atoms with Crippen LogP contribution in [0.5, 0.6) is 0 Å². The molecule has 1 aromatic carbocycles. The Bertz CT molecular complexity index is 746. The van der Waals surface area contributed by atoms with Gasteiger partial charge >= 0.3 is 5.97 Å². The van der Waals surface area contributed by atoms with Crippen molar-refractivity contribution < 1.29 is 14.7 Å². The van der Waals surface area contributed by atoms with Crippen LogP contribution in [0.4, 0.5) is 0 Å². The first kappa shape index (κ1) is 17.8. The summed E-state index contributed by atoms with van der Waals surface area (Å²) in [6.07, 6.45) is 5.52. The number of para-hydroxylation sites is 1. The lowest BCUT2D eigenvalue weighted by Gasteiger charge is -2.17. The summed E-state index contributed by atoms with van der Waals surface area (Å²) in [5.74, 6) is -1.56. The molecular weight excluding hydrogens is 304 g/mol. The van der Waals surface area contributed by atoms with Gasteiger partial charge in [0, 0.05) is 23.6 Å². The van der Waals surface area contributed by atoms with Gasteiger partial charge in [0.15, 0.2) is 0 Å². The van der Waals surface area contributed by atoms with E-state index in [1.54, 1.807) is 13.8 Å². The summed E-state index contributed by atoms with van der Waals surface area (Å²) in [5, 5.41) is 12.7. The van der Waals surface area contributed by atoms with E-state index in [2.05, 4.69) is 11.9 Å². The first-order chi connectivity index (χ1) is 11.5. The van der Waals surface area contributed by atoms with E-state index < -0.39 is 12.0 Å². The van der Waals surface area contributed by atoms with Crippen LogP contribution in [0.1, 0.15) is 37.0 Å². The van der Waals surface area contributed by atoms with Gasteiger partial charge in [-0.2, -0.15) is 0 Å². The van der Waals surface area contributed by atoms with Gasteiger partial charge in [-0.05, 0) is 24.8 Å². The van der Waals surface area contributed by atoms with Crippen LogP contribution >= 0.6 is 0 Å². The van der Waals surface area contributed by atoms with Crippen molar-refractivity contribution in [3.8, 4) is 0 Å². The van der Waals surface area contributed by atoms with Gasteiger partial charge in [0.2, 0.25) is 0 Å². The number of nitrogens with zero attached hydrogens (tertiary/aromatic N) is 1. The number of carboxylic acids is 1. The number of carbonyl (C=O) groups excluding carboxylic acids is 1. The zero-order chi connectivity index (χ0) is 17.7. The van der Waals surface area contributed by atoms with Gasteiger partial charge in [-0.3, -0.25) is 4.79 Å². The zero-order valence-corrected chi connectivity index (χ0v) is 14.2. The lowest BCUT2D eigenvalue weighted by molar-refractivity contribution is -0.140. The highest BCUT2D eigenvalue weighted by Gasteiger charge is 2.25. The van der Waals surface area contributed by atoms with Crippen LogP contribution < -0.4 is 5.32 Å². The Hall–Kier alpha value is -2.56. The number of hydrogen-bond acceptors (Lipinski definition) is 2. The van der Waals surface area contributed by atoms with E-state index >= 15 is 0 Å². The van der Waals surface area contributed by atoms with Crippen LogP contribution in [-0.4, -0.2) is 27.6 Å². The summed E-state index contributed by atoms with van der Waals surface area (Å²) in [6.45, 7) is 8.06. The van der Waals surface area contributed by atoms with Gasteiger partial charge in [0.1, 0.15) is 6.04 Å². The predicted molar refractivity (Wildman–Crippen MR) is 95.1 cm³/mol. The highest BCUT2D eigenvalue weighted by Crippen LogP contribution is 2.22. The molecule has 1 heterocycles. The van der Waals surface area contributed by atoms with E-state index in [0.717, 1.165) is 30.3 Å². The smallest absolute Gasteiger partial charge is 0.326 e. The zero-order valence-electron chi connectivity index (χ0n) is 14.2. The van der Waals surface area contributed by atoms with Crippen LogP contribution in [0, 0.1) is 5.92 Å². The van der Waals surface area contributed by atoms with E-state index in [1.807, 2.05) is 41.1 Å². The molecule has 2 rings (SSSR count). The van der Waals surface area contributed by atoms with Gasteiger partial charge in [-0.25, -0.2) is 4.79 Å². The second-order valence-corrected chi connectivity index (χ2v) is 6.22. The number of benzene rings is 1. The quantitative estimate of drug-likeness (QED) is 0.576.